The Morgan fingerprint density at radius 3 is 1.31 bits per heavy atom. The lowest BCUT2D eigenvalue weighted by Gasteiger charge is -2.13. The summed E-state index contributed by atoms with van der Waals surface area (Å²) < 4.78 is 6.82. The van der Waals surface area contributed by atoms with Crippen LogP contribution in [0, 0.1) is 34.0 Å². The van der Waals surface area contributed by atoms with Crippen LogP contribution in [0.1, 0.15) is 16.7 Å². The van der Waals surface area contributed by atoms with E-state index in [-0.39, 0.29) is 0 Å². The molecule has 6 heteroatoms. The number of hydrogen-bond acceptors (Lipinski definition) is 3. The number of para-hydroxylation sites is 2. The molecule has 0 N–H and O–H groups in total. The molecule has 0 radical (unpaired) electrons. The van der Waals surface area contributed by atoms with Crippen LogP contribution >= 0.6 is 0 Å². The Morgan fingerprint density at radius 2 is 0.725 bits per heavy atom. The summed E-state index contributed by atoms with van der Waals surface area (Å²) in [5.41, 5.74) is 11.0. The monoisotopic (exact) mass is 648 g/mol. The van der Waals surface area contributed by atoms with Crippen LogP contribution in [0.4, 0.5) is 0 Å². The van der Waals surface area contributed by atoms with Crippen molar-refractivity contribution in [3.63, 3.8) is 0 Å². The van der Waals surface area contributed by atoms with Gasteiger partial charge in [-0.2, -0.15) is 15.8 Å². The van der Waals surface area contributed by atoms with Crippen molar-refractivity contribution in [1.29, 1.82) is 15.8 Å². The molecular weight excluding hydrogens is 625 g/mol. The Balaban J connectivity index is 1.29. The zero-order valence-electron chi connectivity index (χ0n) is 27.0. The van der Waals surface area contributed by atoms with E-state index in [1.165, 1.54) is 0 Å². The Kier molecular flexibility index (Phi) is 5.97. The van der Waals surface area contributed by atoms with Gasteiger partial charge in [0.15, 0.2) is 0 Å². The van der Waals surface area contributed by atoms with Gasteiger partial charge in [0.05, 0.1) is 68.0 Å². The average molecular weight is 649 g/mol. The van der Waals surface area contributed by atoms with Crippen molar-refractivity contribution in [1.82, 2.24) is 13.7 Å². The Bertz CT molecular complexity index is 3150. The molecule has 0 aliphatic carbocycles. The van der Waals surface area contributed by atoms with Crippen molar-refractivity contribution in [2.24, 2.45) is 0 Å². The summed E-state index contributed by atoms with van der Waals surface area (Å²) in [5.74, 6) is 0. The van der Waals surface area contributed by atoms with Gasteiger partial charge in [-0.3, -0.25) is 0 Å². The van der Waals surface area contributed by atoms with Gasteiger partial charge in [0.25, 0.3) is 0 Å². The largest absolute Gasteiger partial charge is 0.309 e. The number of nitriles is 3. The van der Waals surface area contributed by atoms with Gasteiger partial charge in [-0.25, -0.2) is 0 Å². The second-order valence-corrected chi connectivity index (χ2v) is 12.8. The highest BCUT2D eigenvalue weighted by molar-refractivity contribution is 6.29. The van der Waals surface area contributed by atoms with E-state index in [2.05, 4.69) is 123 Å². The van der Waals surface area contributed by atoms with Gasteiger partial charge in [0.2, 0.25) is 0 Å². The predicted molar refractivity (Wildman–Crippen MR) is 204 cm³/mol. The first-order valence-electron chi connectivity index (χ1n) is 16.6. The maximum Gasteiger partial charge on any atom is 0.0991 e. The van der Waals surface area contributed by atoms with Gasteiger partial charge >= 0.3 is 0 Å². The molecular formula is C45H24N6. The summed E-state index contributed by atoms with van der Waals surface area (Å²) in [6.07, 6.45) is 0. The minimum Gasteiger partial charge on any atom is -0.309 e. The zero-order chi connectivity index (χ0) is 34.2. The standard InChI is InChI=1S/C45H24N6/c46-25-28-13-16-39-35(21-28)36-22-29(26-47)14-17-40(36)50(39)32-9-6-10-33(24-32)51-38-12-5-4-11-34(38)44-42(51)19-20-43-45(44)37-23-30(27-48)15-18-41(37)49(43)31-7-2-1-3-8-31/h1-24H. The molecule has 6 nitrogen and oxygen atoms in total. The van der Waals surface area contributed by atoms with Gasteiger partial charge in [0, 0.05) is 49.4 Å². The van der Waals surface area contributed by atoms with Crippen molar-refractivity contribution >= 4 is 65.4 Å². The first-order valence-corrected chi connectivity index (χ1v) is 16.6. The maximum atomic E-state index is 9.93. The summed E-state index contributed by atoms with van der Waals surface area (Å²) in [5, 5.41) is 35.6. The quantitative estimate of drug-likeness (QED) is 0.191. The molecule has 0 saturated heterocycles. The molecule has 0 bridgehead atoms. The molecule has 3 heterocycles. The van der Waals surface area contributed by atoms with Crippen LogP contribution in [0.5, 0.6) is 0 Å². The minimum atomic E-state index is 0.574. The molecule has 7 aromatic carbocycles. The van der Waals surface area contributed by atoms with Gasteiger partial charge in [-0.1, -0.05) is 42.5 Å². The number of fused-ring (bicyclic) bond motifs is 10. The molecule has 0 atom stereocenters. The van der Waals surface area contributed by atoms with E-state index in [4.69, 9.17) is 0 Å². The SMILES string of the molecule is N#Cc1ccc2c(c1)c1cc(C#N)ccc1n2-c1cccc(-n2c3ccccc3c3c4c5cc(C#N)ccc5n(-c5ccccc5)c4ccc32)c1. The van der Waals surface area contributed by atoms with E-state index in [1.54, 1.807) is 0 Å². The highest BCUT2D eigenvalue weighted by Crippen LogP contribution is 2.43. The van der Waals surface area contributed by atoms with Crippen LogP contribution in [0.3, 0.4) is 0 Å². The maximum absolute atomic E-state index is 9.93. The normalized spacial score (nSPS) is 11.5. The first kappa shape index (κ1) is 28.4. The van der Waals surface area contributed by atoms with Crippen LogP contribution in [0.2, 0.25) is 0 Å². The predicted octanol–water partition coefficient (Wildman–Crippen LogP) is 10.6. The number of hydrogen-bond donors (Lipinski definition) is 0. The molecule has 0 unspecified atom stereocenters. The van der Waals surface area contributed by atoms with Crippen molar-refractivity contribution in [3.8, 4) is 35.3 Å². The smallest absolute Gasteiger partial charge is 0.0991 e. The molecule has 51 heavy (non-hydrogen) atoms. The van der Waals surface area contributed by atoms with E-state index in [0.29, 0.717) is 16.7 Å². The Hall–Kier alpha value is -7.59. The third-order valence-corrected chi connectivity index (χ3v) is 10.1. The minimum absolute atomic E-state index is 0.574. The Morgan fingerprint density at radius 1 is 0.314 bits per heavy atom. The van der Waals surface area contributed by atoms with Gasteiger partial charge in [-0.15, -0.1) is 0 Å². The summed E-state index contributed by atoms with van der Waals surface area (Å²) in [7, 11) is 0. The van der Waals surface area contributed by atoms with Crippen LogP contribution < -0.4 is 0 Å². The summed E-state index contributed by atoms with van der Waals surface area (Å²) >= 11 is 0. The Labute approximate surface area is 291 Å². The molecule has 0 aliphatic rings. The van der Waals surface area contributed by atoms with Crippen molar-refractivity contribution in [3.05, 3.63) is 162 Å². The van der Waals surface area contributed by atoms with E-state index >= 15 is 0 Å². The van der Waals surface area contributed by atoms with Gasteiger partial charge < -0.3 is 13.7 Å². The fourth-order valence-corrected chi connectivity index (χ4v) is 7.98. The highest BCUT2D eigenvalue weighted by Gasteiger charge is 2.21. The zero-order valence-corrected chi connectivity index (χ0v) is 27.0. The van der Waals surface area contributed by atoms with E-state index in [1.807, 2.05) is 54.6 Å². The van der Waals surface area contributed by atoms with Crippen molar-refractivity contribution < 1.29 is 0 Å². The highest BCUT2D eigenvalue weighted by atomic mass is 15.0. The number of benzene rings is 7. The van der Waals surface area contributed by atoms with Crippen LogP contribution in [0.25, 0.3) is 82.5 Å². The molecule has 10 aromatic rings. The number of nitrogens with zero attached hydrogens (tertiary/aromatic N) is 6. The fourth-order valence-electron chi connectivity index (χ4n) is 7.98. The van der Waals surface area contributed by atoms with Gasteiger partial charge in [-0.05, 0) is 103 Å². The number of rotatable bonds is 3. The van der Waals surface area contributed by atoms with Gasteiger partial charge in [0.1, 0.15) is 0 Å². The van der Waals surface area contributed by atoms with E-state index in [0.717, 1.165) is 82.5 Å². The van der Waals surface area contributed by atoms with Crippen LogP contribution in [-0.2, 0) is 0 Å². The second kappa shape index (κ2) is 10.7. The molecule has 10 rings (SSSR count). The van der Waals surface area contributed by atoms with E-state index < -0.39 is 0 Å². The third kappa shape index (κ3) is 4.01. The average Bonchev–Trinajstić information content (AvgIpc) is 3.82. The molecule has 0 fully saturated rings. The topological polar surface area (TPSA) is 86.2 Å². The van der Waals surface area contributed by atoms with Crippen molar-refractivity contribution in [2.45, 2.75) is 0 Å². The first-order chi connectivity index (χ1) is 25.2. The van der Waals surface area contributed by atoms with Crippen LogP contribution in [0.15, 0.2) is 146 Å². The van der Waals surface area contributed by atoms with Crippen LogP contribution in [-0.4, -0.2) is 13.7 Å². The lowest BCUT2D eigenvalue weighted by atomic mass is 10.0. The van der Waals surface area contributed by atoms with E-state index in [9.17, 15) is 15.8 Å². The second-order valence-electron chi connectivity index (χ2n) is 12.8. The molecule has 0 saturated carbocycles. The molecule has 234 valence electrons. The summed E-state index contributed by atoms with van der Waals surface area (Å²) in [6.45, 7) is 0. The lowest BCUT2D eigenvalue weighted by molar-refractivity contribution is 1.13. The molecule has 3 aromatic heterocycles. The summed E-state index contributed by atoms with van der Waals surface area (Å²) in [4.78, 5) is 0. The fraction of sp³-hybridized carbons (Fsp3) is 0. The molecule has 0 spiro atoms. The third-order valence-electron chi connectivity index (χ3n) is 10.1. The number of aromatic nitrogens is 3. The molecule has 0 aliphatic heterocycles. The lowest BCUT2D eigenvalue weighted by Crippen LogP contribution is -1.98. The molecule has 0 amide bonds. The summed E-state index contributed by atoms with van der Waals surface area (Å²) in [6, 6.07) is 56.1. The van der Waals surface area contributed by atoms with Crippen molar-refractivity contribution in [2.75, 3.05) is 0 Å².